The molecule has 0 bridgehead atoms. The molecular weight excluding hydrogens is 241 g/mol. The fourth-order valence-corrected chi connectivity index (χ4v) is 1.89. The van der Waals surface area contributed by atoms with Crippen LogP contribution >= 0.6 is 0 Å². The van der Waals surface area contributed by atoms with E-state index in [0.29, 0.717) is 18.2 Å². The molecule has 1 aromatic carbocycles. The Morgan fingerprint density at radius 3 is 2.63 bits per heavy atom. The number of hydrogen-bond donors (Lipinski definition) is 1. The fraction of sp³-hybridized carbons (Fsp3) is 0.625. The number of hydrogen-bond acceptors (Lipinski definition) is 2. The van der Waals surface area contributed by atoms with Crippen LogP contribution in [0.25, 0.3) is 0 Å². The van der Waals surface area contributed by atoms with Gasteiger partial charge in [-0.1, -0.05) is 33.3 Å². The third-order valence-corrected chi connectivity index (χ3v) is 3.04. The molecular formula is C16H26FNO. The minimum Gasteiger partial charge on any atom is -0.374 e. The summed E-state index contributed by atoms with van der Waals surface area (Å²) in [5.74, 6) is -0.183. The second kappa shape index (κ2) is 8.28. The monoisotopic (exact) mass is 267 g/mol. The SMILES string of the molecule is CCCC(C)OCc1cc(CNC(C)C)ccc1F. The van der Waals surface area contributed by atoms with Crippen molar-refractivity contribution in [3.05, 3.63) is 35.1 Å². The normalized spacial score (nSPS) is 12.9. The first kappa shape index (κ1) is 16.1. The summed E-state index contributed by atoms with van der Waals surface area (Å²) in [6.45, 7) is 9.46. The zero-order valence-electron chi connectivity index (χ0n) is 12.5. The van der Waals surface area contributed by atoms with E-state index in [-0.39, 0.29) is 11.9 Å². The molecule has 0 spiro atoms. The smallest absolute Gasteiger partial charge is 0.128 e. The van der Waals surface area contributed by atoms with Gasteiger partial charge in [-0.25, -0.2) is 4.39 Å². The molecule has 1 aromatic rings. The van der Waals surface area contributed by atoms with Gasteiger partial charge in [-0.3, -0.25) is 0 Å². The molecule has 108 valence electrons. The lowest BCUT2D eigenvalue weighted by Gasteiger charge is -2.14. The summed E-state index contributed by atoms with van der Waals surface area (Å²) in [5.41, 5.74) is 1.74. The van der Waals surface area contributed by atoms with Crippen molar-refractivity contribution in [2.75, 3.05) is 0 Å². The van der Waals surface area contributed by atoms with Crippen molar-refractivity contribution in [3.8, 4) is 0 Å². The first-order chi connectivity index (χ1) is 9.02. The number of benzene rings is 1. The summed E-state index contributed by atoms with van der Waals surface area (Å²) >= 11 is 0. The van der Waals surface area contributed by atoms with Gasteiger partial charge >= 0.3 is 0 Å². The van der Waals surface area contributed by atoms with Crippen LogP contribution in [-0.4, -0.2) is 12.1 Å². The molecule has 19 heavy (non-hydrogen) atoms. The molecule has 1 unspecified atom stereocenters. The molecule has 0 saturated heterocycles. The van der Waals surface area contributed by atoms with Gasteiger partial charge < -0.3 is 10.1 Å². The lowest BCUT2D eigenvalue weighted by Crippen LogP contribution is -2.22. The molecule has 0 saturated carbocycles. The average molecular weight is 267 g/mol. The zero-order chi connectivity index (χ0) is 14.3. The predicted molar refractivity (Wildman–Crippen MR) is 77.5 cm³/mol. The maximum atomic E-state index is 13.7. The predicted octanol–water partition coefficient (Wildman–Crippen LogP) is 4.03. The van der Waals surface area contributed by atoms with E-state index in [4.69, 9.17) is 4.74 Å². The third-order valence-electron chi connectivity index (χ3n) is 3.04. The highest BCUT2D eigenvalue weighted by Crippen LogP contribution is 2.14. The van der Waals surface area contributed by atoms with E-state index < -0.39 is 0 Å². The Balaban J connectivity index is 2.58. The molecule has 0 aliphatic rings. The van der Waals surface area contributed by atoms with Gasteiger partial charge in [-0.05, 0) is 31.0 Å². The summed E-state index contributed by atoms with van der Waals surface area (Å²) in [6.07, 6.45) is 2.28. The van der Waals surface area contributed by atoms with Gasteiger partial charge in [0.05, 0.1) is 12.7 Å². The van der Waals surface area contributed by atoms with Crippen LogP contribution in [0.1, 0.15) is 51.7 Å². The number of nitrogens with one attached hydrogen (secondary N) is 1. The maximum Gasteiger partial charge on any atom is 0.128 e. The first-order valence-corrected chi connectivity index (χ1v) is 7.15. The summed E-state index contributed by atoms with van der Waals surface area (Å²) in [4.78, 5) is 0. The molecule has 0 aromatic heterocycles. The summed E-state index contributed by atoms with van der Waals surface area (Å²) < 4.78 is 19.4. The molecule has 0 heterocycles. The van der Waals surface area contributed by atoms with Gasteiger partial charge in [0.15, 0.2) is 0 Å². The van der Waals surface area contributed by atoms with Gasteiger partial charge in [0.25, 0.3) is 0 Å². The highest BCUT2D eigenvalue weighted by Gasteiger charge is 2.07. The number of rotatable bonds is 8. The Labute approximate surface area is 116 Å². The van der Waals surface area contributed by atoms with E-state index in [9.17, 15) is 4.39 Å². The number of ether oxygens (including phenoxy) is 1. The minimum absolute atomic E-state index is 0.182. The van der Waals surface area contributed by atoms with Crippen molar-refractivity contribution in [1.29, 1.82) is 0 Å². The van der Waals surface area contributed by atoms with Gasteiger partial charge in [-0.15, -0.1) is 0 Å². The maximum absolute atomic E-state index is 13.7. The highest BCUT2D eigenvalue weighted by molar-refractivity contribution is 5.24. The topological polar surface area (TPSA) is 21.3 Å². The standard InChI is InChI=1S/C16H26FNO/c1-5-6-13(4)19-11-15-9-14(7-8-16(15)17)10-18-12(2)3/h7-9,12-13,18H,5-6,10-11H2,1-4H3. The molecule has 0 amide bonds. The highest BCUT2D eigenvalue weighted by atomic mass is 19.1. The molecule has 1 rings (SSSR count). The molecule has 0 radical (unpaired) electrons. The van der Waals surface area contributed by atoms with Crippen LogP contribution in [0.4, 0.5) is 4.39 Å². The first-order valence-electron chi connectivity index (χ1n) is 7.15. The van der Waals surface area contributed by atoms with E-state index in [1.165, 1.54) is 6.07 Å². The molecule has 3 heteroatoms. The Bertz CT molecular complexity index is 379. The minimum atomic E-state index is -0.183. The summed E-state index contributed by atoms with van der Waals surface area (Å²) in [7, 11) is 0. The van der Waals surface area contributed by atoms with Crippen LogP contribution in [0.3, 0.4) is 0 Å². The van der Waals surface area contributed by atoms with Crippen LogP contribution in [0.15, 0.2) is 18.2 Å². The molecule has 1 N–H and O–H groups in total. The van der Waals surface area contributed by atoms with Gasteiger partial charge in [0.2, 0.25) is 0 Å². The summed E-state index contributed by atoms with van der Waals surface area (Å²) in [5, 5.41) is 3.33. The molecule has 2 nitrogen and oxygen atoms in total. The second-order valence-electron chi connectivity index (χ2n) is 5.37. The van der Waals surface area contributed by atoms with Crippen molar-refractivity contribution in [2.45, 2.75) is 65.8 Å². The van der Waals surface area contributed by atoms with Crippen molar-refractivity contribution in [1.82, 2.24) is 5.32 Å². The van der Waals surface area contributed by atoms with E-state index >= 15 is 0 Å². The molecule has 0 aliphatic carbocycles. The Hall–Kier alpha value is -0.930. The quantitative estimate of drug-likeness (QED) is 0.768. The lowest BCUT2D eigenvalue weighted by molar-refractivity contribution is 0.0455. The van der Waals surface area contributed by atoms with Crippen molar-refractivity contribution in [2.24, 2.45) is 0 Å². The largest absolute Gasteiger partial charge is 0.374 e. The van der Waals surface area contributed by atoms with E-state index in [2.05, 4.69) is 26.1 Å². The van der Waals surface area contributed by atoms with Crippen molar-refractivity contribution >= 4 is 0 Å². The van der Waals surface area contributed by atoms with Gasteiger partial charge in [0.1, 0.15) is 5.82 Å². The van der Waals surface area contributed by atoms with Crippen molar-refractivity contribution in [3.63, 3.8) is 0 Å². The molecule has 0 aliphatic heterocycles. The van der Waals surface area contributed by atoms with E-state index in [0.717, 1.165) is 24.9 Å². The fourth-order valence-electron chi connectivity index (χ4n) is 1.89. The van der Waals surface area contributed by atoms with E-state index in [1.54, 1.807) is 0 Å². The summed E-state index contributed by atoms with van der Waals surface area (Å²) in [6, 6.07) is 5.67. The second-order valence-corrected chi connectivity index (χ2v) is 5.37. The van der Waals surface area contributed by atoms with Crippen LogP contribution in [0.2, 0.25) is 0 Å². The molecule has 1 atom stereocenters. The van der Waals surface area contributed by atoms with Gasteiger partial charge in [-0.2, -0.15) is 0 Å². The van der Waals surface area contributed by atoms with Gasteiger partial charge in [0, 0.05) is 18.2 Å². The average Bonchev–Trinajstić information content (AvgIpc) is 2.36. The van der Waals surface area contributed by atoms with Crippen LogP contribution in [0.5, 0.6) is 0 Å². The van der Waals surface area contributed by atoms with Crippen LogP contribution in [-0.2, 0) is 17.9 Å². The Morgan fingerprint density at radius 2 is 2.00 bits per heavy atom. The van der Waals surface area contributed by atoms with E-state index in [1.807, 2.05) is 19.1 Å². The lowest BCUT2D eigenvalue weighted by atomic mass is 10.1. The Kier molecular flexibility index (Phi) is 7.03. The zero-order valence-corrected chi connectivity index (χ0v) is 12.5. The Morgan fingerprint density at radius 1 is 1.26 bits per heavy atom. The van der Waals surface area contributed by atoms with Crippen molar-refractivity contribution < 1.29 is 9.13 Å². The number of halogens is 1. The van der Waals surface area contributed by atoms with Crippen LogP contribution in [0, 0.1) is 5.82 Å². The van der Waals surface area contributed by atoms with Crippen LogP contribution < -0.4 is 5.32 Å². The molecule has 0 fully saturated rings. The third kappa shape index (κ3) is 6.17.